The Labute approximate surface area is 186 Å². The Bertz CT molecular complexity index is 1390. The number of amides is 1. The van der Waals surface area contributed by atoms with Gasteiger partial charge in [-0.25, -0.2) is 22.7 Å². The predicted octanol–water partition coefficient (Wildman–Crippen LogP) is 4.30. The zero-order valence-electron chi connectivity index (χ0n) is 17.4. The highest BCUT2D eigenvalue weighted by molar-refractivity contribution is 5.98. The molecule has 2 aliphatic heterocycles. The van der Waals surface area contributed by atoms with Crippen molar-refractivity contribution in [2.45, 2.75) is 50.1 Å². The third-order valence-corrected chi connectivity index (χ3v) is 6.87. The maximum Gasteiger partial charge on any atom is 0.280 e. The molecule has 2 saturated heterocycles. The van der Waals surface area contributed by atoms with Gasteiger partial charge >= 0.3 is 0 Å². The summed E-state index contributed by atoms with van der Waals surface area (Å²) in [6.07, 6.45) is 3.09. The van der Waals surface area contributed by atoms with Crippen LogP contribution in [-0.4, -0.2) is 47.5 Å². The van der Waals surface area contributed by atoms with E-state index in [1.165, 1.54) is 29.2 Å². The van der Waals surface area contributed by atoms with Crippen LogP contribution in [0.25, 0.3) is 16.7 Å². The summed E-state index contributed by atoms with van der Waals surface area (Å²) in [5.74, 6) is -0.664. The number of hydrogen-bond donors (Lipinski definition) is 0. The highest BCUT2D eigenvalue weighted by Gasteiger charge is 2.46. The lowest BCUT2D eigenvalue weighted by molar-refractivity contribution is 0.0553. The van der Waals surface area contributed by atoms with Crippen molar-refractivity contribution in [2.24, 2.45) is 0 Å². The van der Waals surface area contributed by atoms with Crippen LogP contribution in [0.4, 0.5) is 13.2 Å². The molecule has 33 heavy (non-hydrogen) atoms. The third-order valence-electron chi connectivity index (χ3n) is 6.87. The Morgan fingerprint density at radius 1 is 1.09 bits per heavy atom. The number of carbonyl (C=O) groups is 1. The second kappa shape index (κ2) is 7.50. The van der Waals surface area contributed by atoms with Crippen LogP contribution in [-0.2, 0) is 0 Å². The summed E-state index contributed by atoms with van der Waals surface area (Å²) < 4.78 is 42.5. The number of rotatable bonds is 3. The summed E-state index contributed by atoms with van der Waals surface area (Å²) in [6, 6.07) is 7.60. The minimum absolute atomic E-state index is 0.0737. The van der Waals surface area contributed by atoms with Crippen molar-refractivity contribution in [1.29, 1.82) is 0 Å². The van der Waals surface area contributed by atoms with E-state index in [9.17, 15) is 18.0 Å². The molecule has 10 heteroatoms. The summed E-state index contributed by atoms with van der Waals surface area (Å²) in [6.45, 7) is 0. The average Bonchev–Trinajstić information content (AvgIpc) is 3.41. The molecule has 7 nitrogen and oxygen atoms in total. The monoisotopic (exact) mass is 452 g/mol. The number of fused-ring (bicyclic) bond motifs is 4. The van der Waals surface area contributed by atoms with Gasteiger partial charge in [-0.3, -0.25) is 9.78 Å². The van der Waals surface area contributed by atoms with Crippen LogP contribution in [0.3, 0.4) is 0 Å². The van der Waals surface area contributed by atoms with Crippen LogP contribution in [0.1, 0.15) is 59.8 Å². The van der Waals surface area contributed by atoms with Crippen LogP contribution in [0.2, 0.25) is 0 Å². The number of alkyl halides is 2. The van der Waals surface area contributed by atoms with E-state index in [4.69, 9.17) is 0 Å². The van der Waals surface area contributed by atoms with Gasteiger partial charge in [0.05, 0.1) is 11.3 Å². The van der Waals surface area contributed by atoms with Crippen LogP contribution < -0.4 is 0 Å². The fraction of sp³-hybridized carbons (Fsp3) is 0.348. The molecule has 0 unspecified atom stereocenters. The van der Waals surface area contributed by atoms with Gasteiger partial charge in [0.15, 0.2) is 0 Å². The third kappa shape index (κ3) is 3.15. The smallest absolute Gasteiger partial charge is 0.280 e. The standard InChI is InChI=1S/C23H19F3N6O/c24-16-3-1-2-12-8-13(10-27-20(12)16)22(33)31-14-4-6-15(18(31)7-5-14)19-9-17(21(25)26)30-23-28-11-29-32(19)23/h1-3,8-11,14-15,18,21H,4-7H2/t14-,15-,18-/m0/s1. The number of halogens is 3. The van der Waals surface area contributed by atoms with Crippen LogP contribution in [0, 0.1) is 5.82 Å². The van der Waals surface area contributed by atoms with Gasteiger partial charge < -0.3 is 4.90 Å². The molecule has 4 aromatic rings. The number of nitrogens with zero attached hydrogens (tertiary/aromatic N) is 6. The van der Waals surface area contributed by atoms with Gasteiger partial charge in [0.25, 0.3) is 18.1 Å². The first-order valence-corrected chi connectivity index (χ1v) is 10.9. The number of piperidine rings is 1. The average molecular weight is 452 g/mol. The van der Waals surface area contributed by atoms with Gasteiger partial charge in [0.1, 0.15) is 23.4 Å². The maximum atomic E-state index is 14.0. The fourth-order valence-electron chi connectivity index (χ4n) is 5.44. The highest BCUT2D eigenvalue weighted by Crippen LogP contribution is 2.45. The summed E-state index contributed by atoms with van der Waals surface area (Å²) in [7, 11) is 0. The Morgan fingerprint density at radius 2 is 1.94 bits per heavy atom. The first-order valence-electron chi connectivity index (χ1n) is 10.9. The molecule has 5 heterocycles. The zero-order chi connectivity index (χ0) is 22.7. The second-order valence-corrected chi connectivity index (χ2v) is 8.61. The number of benzene rings is 1. The van der Waals surface area contributed by atoms with Gasteiger partial charge in [-0.05, 0) is 43.9 Å². The quantitative estimate of drug-likeness (QED) is 0.463. The number of hydrogen-bond acceptors (Lipinski definition) is 5. The molecule has 0 saturated carbocycles. The molecule has 0 spiro atoms. The number of aromatic nitrogens is 5. The van der Waals surface area contributed by atoms with Crippen molar-refractivity contribution in [3.05, 3.63) is 65.6 Å². The summed E-state index contributed by atoms with van der Waals surface area (Å²) in [5.41, 5.74) is 0.858. The first kappa shape index (κ1) is 20.1. The summed E-state index contributed by atoms with van der Waals surface area (Å²) in [4.78, 5) is 27.5. The van der Waals surface area contributed by atoms with Crippen molar-refractivity contribution in [1.82, 2.24) is 29.5 Å². The van der Waals surface area contributed by atoms with Crippen LogP contribution in [0.15, 0.2) is 42.9 Å². The molecule has 168 valence electrons. The van der Waals surface area contributed by atoms with E-state index in [-0.39, 0.29) is 40.9 Å². The normalized spacial score (nSPS) is 22.5. The molecule has 3 aromatic heterocycles. The van der Waals surface area contributed by atoms with E-state index in [0.29, 0.717) is 16.6 Å². The summed E-state index contributed by atoms with van der Waals surface area (Å²) in [5, 5.41) is 4.75. The molecule has 2 aliphatic rings. The number of pyridine rings is 1. The maximum absolute atomic E-state index is 14.0. The van der Waals surface area contributed by atoms with Crippen LogP contribution >= 0.6 is 0 Å². The van der Waals surface area contributed by atoms with Crippen molar-refractivity contribution in [3.8, 4) is 0 Å². The Kier molecular flexibility index (Phi) is 4.56. The minimum Gasteiger partial charge on any atom is -0.332 e. The molecular formula is C23H19F3N6O. The molecule has 3 atom stereocenters. The molecule has 1 aromatic carbocycles. The lowest BCUT2D eigenvalue weighted by Gasteiger charge is -2.40. The van der Waals surface area contributed by atoms with E-state index < -0.39 is 12.2 Å². The first-order chi connectivity index (χ1) is 16.0. The van der Waals surface area contributed by atoms with Crippen molar-refractivity contribution in [3.63, 3.8) is 0 Å². The van der Waals surface area contributed by atoms with Gasteiger partial charge in [0.2, 0.25) is 0 Å². The fourth-order valence-corrected chi connectivity index (χ4v) is 5.44. The Balaban J connectivity index is 1.39. The number of carbonyl (C=O) groups excluding carboxylic acids is 1. The number of para-hydroxylation sites is 1. The van der Waals surface area contributed by atoms with E-state index in [2.05, 4.69) is 20.1 Å². The van der Waals surface area contributed by atoms with Crippen molar-refractivity contribution in [2.75, 3.05) is 0 Å². The van der Waals surface area contributed by atoms with Gasteiger partial charge in [0, 0.05) is 29.6 Å². The predicted molar refractivity (Wildman–Crippen MR) is 112 cm³/mol. The van der Waals surface area contributed by atoms with Gasteiger partial charge in [-0.15, -0.1) is 0 Å². The van der Waals surface area contributed by atoms with Crippen molar-refractivity contribution < 1.29 is 18.0 Å². The van der Waals surface area contributed by atoms with E-state index >= 15 is 0 Å². The molecular weight excluding hydrogens is 433 g/mol. The Hall–Kier alpha value is -3.56. The largest absolute Gasteiger partial charge is 0.332 e. The van der Waals surface area contributed by atoms with Gasteiger partial charge in [-0.1, -0.05) is 12.1 Å². The second-order valence-electron chi connectivity index (χ2n) is 8.61. The topological polar surface area (TPSA) is 76.3 Å². The molecule has 6 rings (SSSR count). The molecule has 2 fully saturated rings. The Morgan fingerprint density at radius 3 is 2.79 bits per heavy atom. The molecule has 0 aliphatic carbocycles. The van der Waals surface area contributed by atoms with Gasteiger partial charge in [-0.2, -0.15) is 10.1 Å². The molecule has 2 bridgehead atoms. The molecule has 0 N–H and O–H groups in total. The van der Waals surface area contributed by atoms with E-state index in [0.717, 1.165) is 25.7 Å². The zero-order valence-corrected chi connectivity index (χ0v) is 17.4. The summed E-state index contributed by atoms with van der Waals surface area (Å²) >= 11 is 0. The minimum atomic E-state index is -2.73. The van der Waals surface area contributed by atoms with E-state index in [1.807, 2.05) is 4.90 Å². The van der Waals surface area contributed by atoms with E-state index in [1.54, 1.807) is 18.2 Å². The van der Waals surface area contributed by atoms with Crippen LogP contribution in [0.5, 0.6) is 0 Å². The SMILES string of the molecule is O=C(c1cnc2c(F)cccc2c1)N1[C@H]2CC[C@H](c3cc(C(F)F)nc4ncnn34)[C@@H]1CC2. The highest BCUT2D eigenvalue weighted by atomic mass is 19.3. The van der Waals surface area contributed by atoms with Crippen molar-refractivity contribution >= 4 is 22.6 Å². The molecule has 0 radical (unpaired) electrons. The lowest BCUT2D eigenvalue weighted by atomic mass is 9.86. The lowest BCUT2D eigenvalue weighted by Crippen LogP contribution is -2.47. The molecule has 1 amide bonds.